The number of ether oxygens (including phenoxy) is 1. The first-order valence-electron chi connectivity index (χ1n) is 9.20. The molecule has 142 valence electrons. The zero-order valence-electron chi connectivity index (χ0n) is 16.4. The van der Waals surface area contributed by atoms with Crippen molar-refractivity contribution < 1.29 is 9.53 Å². The number of carbonyl (C=O) groups excluding carboxylic acids is 1. The van der Waals surface area contributed by atoms with Crippen molar-refractivity contribution in [2.45, 2.75) is 33.0 Å². The number of nitrogens with one attached hydrogen (secondary N) is 2. The summed E-state index contributed by atoms with van der Waals surface area (Å²) >= 11 is 0. The third kappa shape index (κ3) is 4.49. The van der Waals surface area contributed by atoms with Crippen LogP contribution in [0.5, 0.6) is 5.75 Å². The Morgan fingerprint density at radius 3 is 2.59 bits per heavy atom. The van der Waals surface area contributed by atoms with E-state index in [1.165, 1.54) is 5.56 Å². The second-order valence-corrected chi connectivity index (χ2v) is 7.10. The van der Waals surface area contributed by atoms with Gasteiger partial charge in [0, 0.05) is 36.1 Å². The molecule has 5 heteroatoms. The van der Waals surface area contributed by atoms with Gasteiger partial charge in [-0.15, -0.1) is 0 Å². The lowest BCUT2D eigenvalue weighted by Crippen LogP contribution is -2.27. The number of methoxy groups -OCH3 is 1. The molecular weight excluding hydrogens is 338 g/mol. The molecule has 0 aliphatic rings. The molecule has 3 rings (SSSR count). The van der Waals surface area contributed by atoms with Gasteiger partial charge in [0.05, 0.1) is 7.11 Å². The lowest BCUT2D eigenvalue weighted by Gasteiger charge is -2.22. The fraction of sp³-hybridized carbons (Fsp3) is 0.318. The summed E-state index contributed by atoms with van der Waals surface area (Å²) in [6.07, 6.45) is 0. The maximum atomic E-state index is 12.6. The Hall–Kier alpha value is -2.79. The minimum atomic E-state index is -0.114. The van der Waals surface area contributed by atoms with Gasteiger partial charge >= 0.3 is 0 Å². The highest BCUT2D eigenvalue weighted by Crippen LogP contribution is 2.21. The molecule has 0 spiro atoms. The van der Waals surface area contributed by atoms with Crippen molar-refractivity contribution in [3.63, 3.8) is 0 Å². The van der Waals surface area contributed by atoms with Crippen molar-refractivity contribution in [3.05, 3.63) is 65.4 Å². The van der Waals surface area contributed by atoms with E-state index < -0.39 is 0 Å². The predicted octanol–water partition coefficient (Wildman–Crippen LogP) is 3.95. The molecule has 0 bridgehead atoms. The highest BCUT2D eigenvalue weighted by molar-refractivity contribution is 5.98. The first-order valence-corrected chi connectivity index (χ1v) is 9.20. The van der Waals surface area contributed by atoms with Crippen molar-refractivity contribution >= 4 is 16.8 Å². The van der Waals surface area contributed by atoms with Crippen molar-refractivity contribution in [1.82, 2.24) is 15.2 Å². The smallest absolute Gasteiger partial charge is 0.267 e. The number of H-pyrrole nitrogens is 1. The zero-order valence-corrected chi connectivity index (χ0v) is 16.4. The molecule has 0 saturated heterocycles. The molecule has 2 N–H and O–H groups in total. The van der Waals surface area contributed by atoms with Crippen molar-refractivity contribution in [2.75, 3.05) is 14.2 Å². The number of aromatic amines is 1. The molecule has 0 radical (unpaired) electrons. The molecule has 1 amide bonds. The number of nitrogens with zero attached hydrogens (tertiary/aromatic N) is 1. The first kappa shape index (κ1) is 19.0. The fourth-order valence-electron chi connectivity index (χ4n) is 2.96. The van der Waals surface area contributed by atoms with E-state index >= 15 is 0 Å². The Morgan fingerprint density at radius 1 is 1.15 bits per heavy atom. The van der Waals surface area contributed by atoms with Gasteiger partial charge in [-0.3, -0.25) is 9.69 Å². The highest BCUT2D eigenvalue weighted by atomic mass is 16.5. The summed E-state index contributed by atoms with van der Waals surface area (Å²) < 4.78 is 5.23. The van der Waals surface area contributed by atoms with Crippen LogP contribution in [0.2, 0.25) is 0 Å². The van der Waals surface area contributed by atoms with Crippen LogP contribution in [0.3, 0.4) is 0 Å². The molecule has 1 heterocycles. The molecule has 0 atom stereocenters. The lowest BCUT2D eigenvalue weighted by molar-refractivity contribution is 0.0946. The van der Waals surface area contributed by atoms with E-state index in [4.69, 9.17) is 4.74 Å². The lowest BCUT2D eigenvalue weighted by atomic mass is 10.1. The molecule has 0 aliphatic carbocycles. The van der Waals surface area contributed by atoms with Gasteiger partial charge in [-0.25, -0.2) is 0 Å². The molecule has 27 heavy (non-hydrogen) atoms. The van der Waals surface area contributed by atoms with Crippen LogP contribution in [-0.4, -0.2) is 36.0 Å². The number of carbonyl (C=O) groups is 1. The second kappa shape index (κ2) is 8.27. The average Bonchev–Trinajstić information content (AvgIpc) is 3.10. The van der Waals surface area contributed by atoms with Gasteiger partial charge in [-0.2, -0.15) is 0 Å². The van der Waals surface area contributed by atoms with E-state index in [1.54, 1.807) is 7.11 Å². The summed E-state index contributed by atoms with van der Waals surface area (Å²) in [6.45, 7) is 5.71. The van der Waals surface area contributed by atoms with Crippen LogP contribution < -0.4 is 10.1 Å². The third-order valence-corrected chi connectivity index (χ3v) is 4.93. The van der Waals surface area contributed by atoms with E-state index in [0.717, 1.165) is 28.8 Å². The monoisotopic (exact) mass is 365 g/mol. The SMILES string of the molecule is COc1ccc2cc(C(=O)NCc3ccccc3CN(C)C(C)C)[nH]c2c1. The van der Waals surface area contributed by atoms with E-state index in [0.29, 0.717) is 18.3 Å². The van der Waals surface area contributed by atoms with E-state index in [9.17, 15) is 4.79 Å². The van der Waals surface area contributed by atoms with Crippen molar-refractivity contribution in [2.24, 2.45) is 0 Å². The second-order valence-electron chi connectivity index (χ2n) is 7.10. The number of benzene rings is 2. The minimum Gasteiger partial charge on any atom is -0.497 e. The Morgan fingerprint density at radius 2 is 1.89 bits per heavy atom. The maximum absolute atomic E-state index is 12.6. The van der Waals surface area contributed by atoms with Gasteiger partial charge in [0.2, 0.25) is 0 Å². The van der Waals surface area contributed by atoms with Crippen LogP contribution in [-0.2, 0) is 13.1 Å². The molecule has 0 saturated carbocycles. The zero-order chi connectivity index (χ0) is 19.4. The van der Waals surface area contributed by atoms with E-state index in [-0.39, 0.29) is 5.91 Å². The van der Waals surface area contributed by atoms with Gasteiger partial charge in [0.25, 0.3) is 5.91 Å². The summed E-state index contributed by atoms with van der Waals surface area (Å²) in [4.78, 5) is 18.1. The van der Waals surface area contributed by atoms with Crippen LogP contribution in [0.25, 0.3) is 10.9 Å². The Bertz CT molecular complexity index is 930. The topological polar surface area (TPSA) is 57.4 Å². The molecule has 0 unspecified atom stereocenters. The predicted molar refractivity (Wildman–Crippen MR) is 109 cm³/mol. The Kier molecular flexibility index (Phi) is 5.81. The fourth-order valence-corrected chi connectivity index (χ4v) is 2.96. The van der Waals surface area contributed by atoms with Crippen LogP contribution >= 0.6 is 0 Å². The summed E-state index contributed by atoms with van der Waals surface area (Å²) in [7, 11) is 3.74. The quantitative estimate of drug-likeness (QED) is 0.667. The van der Waals surface area contributed by atoms with Crippen molar-refractivity contribution in [3.8, 4) is 5.75 Å². The molecule has 0 aliphatic heterocycles. The standard InChI is InChI=1S/C22H27N3O2/c1-15(2)25(3)14-18-8-6-5-7-17(18)13-23-22(26)21-11-16-9-10-19(27-4)12-20(16)24-21/h5-12,15,24H,13-14H2,1-4H3,(H,23,26). The van der Waals surface area contributed by atoms with Gasteiger partial charge in [-0.05, 0) is 50.2 Å². The molecule has 5 nitrogen and oxygen atoms in total. The van der Waals surface area contributed by atoms with Crippen LogP contribution in [0.15, 0.2) is 48.5 Å². The van der Waals surface area contributed by atoms with Gasteiger partial charge in [-0.1, -0.05) is 24.3 Å². The molecule has 0 fully saturated rings. The number of rotatable bonds is 7. The van der Waals surface area contributed by atoms with Crippen LogP contribution in [0.1, 0.15) is 35.5 Å². The average molecular weight is 365 g/mol. The normalized spacial score (nSPS) is 11.3. The van der Waals surface area contributed by atoms with Crippen LogP contribution in [0.4, 0.5) is 0 Å². The summed E-state index contributed by atoms with van der Waals surface area (Å²) in [5.74, 6) is 0.650. The number of hydrogen-bond donors (Lipinski definition) is 2. The molecule has 2 aromatic carbocycles. The van der Waals surface area contributed by atoms with Crippen LogP contribution in [0, 0.1) is 0 Å². The van der Waals surface area contributed by atoms with Gasteiger partial charge in [0.15, 0.2) is 0 Å². The van der Waals surface area contributed by atoms with Crippen molar-refractivity contribution in [1.29, 1.82) is 0 Å². The third-order valence-electron chi connectivity index (χ3n) is 4.93. The largest absolute Gasteiger partial charge is 0.497 e. The number of fused-ring (bicyclic) bond motifs is 1. The van der Waals surface area contributed by atoms with E-state index in [1.807, 2.05) is 36.4 Å². The summed E-state index contributed by atoms with van der Waals surface area (Å²) in [6, 6.07) is 16.3. The number of hydrogen-bond acceptors (Lipinski definition) is 3. The van der Waals surface area contributed by atoms with Gasteiger partial charge < -0.3 is 15.0 Å². The Balaban J connectivity index is 1.71. The summed E-state index contributed by atoms with van der Waals surface area (Å²) in [5, 5.41) is 4.01. The molecular formula is C22H27N3O2. The number of amides is 1. The minimum absolute atomic E-state index is 0.114. The number of aromatic nitrogens is 1. The Labute approximate surface area is 160 Å². The summed E-state index contributed by atoms with van der Waals surface area (Å²) in [5.41, 5.74) is 3.81. The van der Waals surface area contributed by atoms with Gasteiger partial charge in [0.1, 0.15) is 11.4 Å². The highest BCUT2D eigenvalue weighted by Gasteiger charge is 2.12. The molecule has 1 aromatic heterocycles. The van der Waals surface area contributed by atoms with E-state index in [2.05, 4.69) is 48.2 Å². The molecule has 3 aromatic rings. The first-order chi connectivity index (χ1) is 13.0. The maximum Gasteiger partial charge on any atom is 0.267 e.